The first kappa shape index (κ1) is 20.6. The maximum Gasteiger partial charge on any atom is 0.416 e. The maximum absolute atomic E-state index is 12.8. The first-order valence-corrected chi connectivity index (χ1v) is 7.51. The molecule has 0 aliphatic rings. The molecule has 148 valence electrons. The zero-order chi connectivity index (χ0) is 20.6. The zero-order valence-electron chi connectivity index (χ0n) is 14.3. The van der Waals surface area contributed by atoms with E-state index in [0.29, 0.717) is 17.9 Å². The third-order valence-electron chi connectivity index (χ3n) is 3.34. The molecule has 5 nitrogen and oxygen atoms in total. The second-order valence-electron chi connectivity index (χ2n) is 6.70. The summed E-state index contributed by atoms with van der Waals surface area (Å²) in [5, 5.41) is 7.68. The highest BCUT2D eigenvalue weighted by Gasteiger charge is 2.37. The van der Waals surface area contributed by atoms with Crippen molar-refractivity contribution in [2.24, 2.45) is 0 Å². The number of alkyl halides is 6. The molecule has 11 heteroatoms. The molecule has 0 saturated carbocycles. The van der Waals surface area contributed by atoms with Crippen LogP contribution < -0.4 is 10.6 Å². The van der Waals surface area contributed by atoms with Gasteiger partial charge < -0.3 is 9.84 Å². The van der Waals surface area contributed by atoms with E-state index in [1.165, 1.54) is 6.07 Å². The van der Waals surface area contributed by atoms with E-state index in [0.717, 1.165) is 0 Å². The Kier molecular flexibility index (Phi) is 5.17. The number of carbonyl (C=O) groups excluding carboxylic acids is 1. The van der Waals surface area contributed by atoms with Gasteiger partial charge in [0.05, 0.1) is 11.1 Å². The number of nitrogens with zero attached hydrogens (tertiary/aromatic N) is 1. The number of benzene rings is 1. The van der Waals surface area contributed by atoms with Gasteiger partial charge in [-0.15, -0.1) is 0 Å². The number of amides is 2. The lowest BCUT2D eigenvalue weighted by atomic mass is 9.93. The SMILES string of the molecule is CC(C)(C)c1cc(NC(=O)Nc2cc(C(F)(F)F)cc(C(F)(F)F)c2)no1. The Labute approximate surface area is 149 Å². The molecule has 0 atom stereocenters. The van der Waals surface area contributed by atoms with Gasteiger partial charge in [-0.2, -0.15) is 26.3 Å². The number of rotatable bonds is 2. The van der Waals surface area contributed by atoms with Crippen molar-refractivity contribution in [2.45, 2.75) is 38.5 Å². The average Bonchev–Trinajstić information content (AvgIpc) is 2.93. The van der Waals surface area contributed by atoms with Crippen LogP contribution >= 0.6 is 0 Å². The highest BCUT2D eigenvalue weighted by atomic mass is 19.4. The van der Waals surface area contributed by atoms with Crippen LogP contribution in [0, 0.1) is 0 Å². The van der Waals surface area contributed by atoms with E-state index in [4.69, 9.17) is 4.52 Å². The molecule has 0 aliphatic carbocycles. The number of anilines is 2. The Balaban J connectivity index is 2.23. The maximum atomic E-state index is 12.8. The Morgan fingerprint density at radius 2 is 1.41 bits per heavy atom. The fourth-order valence-electron chi connectivity index (χ4n) is 1.99. The van der Waals surface area contributed by atoms with Crippen molar-refractivity contribution in [1.29, 1.82) is 0 Å². The second kappa shape index (κ2) is 6.78. The largest absolute Gasteiger partial charge is 0.416 e. The van der Waals surface area contributed by atoms with Crippen LogP contribution in [0.4, 0.5) is 42.6 Å². The van der Waals surface area contributed by atoms with Crippen molar-refractivity contribution in [1.82, 2.24) is 5.16 Å². The number of aromatic nitrogens is 1. The summed E-state index contributed by atoms with van der Waals surface area (Å²) in [5.74, 6) is 0.386. The van der Waals surface area contributed by atoms with E-state index in [-0.39, 0.29) is 11.9 Å². The fourth-order valence-corrected chi connectivity index (χ4v) is 1.99. The second-order valence-corrected chi connectivity index (χ2v) is 6.70. The van der Waals surface area contributed by atoms with E-state index < -0.39 is 40.6 Å². The van der Waals surface area contributed by atoms with E-state index in [1.807, 2.05) is 26.1 Å². The van der Waals surface area contributed by atoms with Gasteiger partial charge in [-0.05, 0) is 18.2 Å². The molecule has 0 bridgehead atoms. The van der Waals surface area contributed by atoms with Crippen LogP contribution in [0.15, 0.2) is 28.8 Å². The summed E-state index contributed by atoms with van der Waals surface area (Å²) in [7, 11) is 0. The molecule has 0 aliphatic heterocycles. The molecule has 27 heavy (non-hydrogen) atoms. The summed E-state index contributed by atoms with van der Waals surface area (Å²) in [4.78, 5) is 11.9. The number of nitrogens with one attached hydrogen (secondary N) is 2. The summed E-state index contributed by atoms with van der Waals surface area (Å²) in [6, 6.07) is 1.09. The lowest BCUT2D eigenvalue weighted by molar-refractivity contribution is -0.143. The third kappa shape index (κ3) is 5.38. The van der Waals surface area contributed by atoms with Crippen LogP contribution in [0.5, 0.6) is 0 Å². The summed E-state index contributed by atoms with van der Waals surface area (Å²) in [6.07, 6.45) is -10.0. The van der Waals surface area contributed by atoms with E-state index in [2.05, 4.69) is 10.5 Å². The van der Waals surface area contributed by atoms with Crippen LogP contribution in [0.2, 0.25) is 0 Å². The average molecular weight is 395 g/mol. The molecule has 1 heterocycles. The molecule has 1 aromatic carbocycles. The van der Waals surface area contributed by atoms with Gasteiger partial charge >= 0.3 is 18.4 Å². The minimum absolute atomic E-state index is 0.0314. The zero-order valence-corrected chi connectivity index (χ0v) is 14.3. The predicted molar refractivity (Wildman–Crippen MR) is 84.3 cm³/mol. The molecule has 2 N–H and O–H groups in total. The third-order valence-corrected chi connectivity index (χ3v) is 3.34. The van der Waals surface area contributed by atoms with Crippen molar-refractivity contribution in [3.05, 3.63) is 41.2 Å². The number of hydrogen-bond donors (Lipinski definition) is 2. The molecule has 2 aromatic rings. The van der Waals surface area contributed by atoms with Gasteiger partial charge in [-0.25, -0.2) is 4.79 Å². The molecule has 2 amide bonds. The Morgan fingerprint density at radius 3 is 1.81 bits per heavy atom. The molecular formula is C16H15F6N3O2. The minimum atomic E-state index is -5.01. The van der Waals surface area contributed by atoms with Gasteiger partial charge in [0.1, 0.15) is 5.76 Å². The number of hydrogen-bond acceptors (Lipinski definition) is 3. The Hall–Kier alpha value is -2.72. The molecule has 0 fully saturated rings. The lowest BCUT2D eigenvalue weighted by Crippen LogP contribution is -2.21. The van der Waals surface area contributed by atoms with Gasteiger partial charge in [0.2, 0.25) is 0 Å². The van der Waals surface area contributed by atoms with Crippen molar-refractivity contribution in [2.75, 3.05) is 10.6 Å². The molecule has 0 spiro atoms. The van der Waals surface area contributed by atoms with Crippen molar-refractivity contribution in [3.63, 3.8) is 0 Å². The monoisotopic (exact) mass is 395 g/mol. The molecule has 0 unspecified atom stereocenters. The first-order valence-electron chi connectivity index (χ1n) is 7.51. The topological polar surface area (TPSA) is 67.2 Å². The first-order chi connectivity index (χ1) is 12.2. The van der Waals surface area contributed by atoms with Crippen molar-refractivity contribution >= 4 is 17.5 Å². The highest BCUT2D eigenvalue weighted by Crippen LogP contribution is 2.37. The molecule has 0 saturated heterocycles. The van der Waals surface area contributed by atoms with E-state index in [9.17, 15) is 31.1 Å². The molecular weight excluding hydrogens is 380 g/mol. The van der Waals surface area contributed by atoms with Crippen LogP contribution in [-0.2, 0) is 17.8 Å². The van der Waals surface area contributed by atoms with Crippen LogP contribution in [-0.4, -0.2) is 11.2 Å². The van der Waals surface area contributed by atoms with Crippen LogP contribution in [0.3, 0.4) is 0 Å². The summed E-state index contributed by atoms with van der Waals surface area (Å²) in [5.41, 5.74) is -4.16. The number of urea groups is 1. The fraction of sp³-hybridized carbons (Fsp3) is 0.375. The van der Waals surface area contributed by atoms with E-state index in [1.54, 1.807) is 0 Å². The van der Waals surface area contributed by atoms with Gasteiger partial charge in [0, 0.05) is 17.2 Å². The summed E-state index contributed by atoms with van der Waals surface area (Å²) < 4.78 is 81.9. The van der Waals surface area contributed by atoms with Gasteiger partial charge in [-0.3, -0.25) is 5.32 Å². The quantitative estimate of drug-likeness (QED) is 0.646. The standard InChI is InChI=1S/C16H15F6N3O2/c1-14(2,3)11-7-12(25-27-11)24-13(26)23-10-5-8(15(17,18)19)4-9(6-10)16(20,21)22/h4-7H,1-3H3,(H2,23,24,25,26). The van der Waals surface area contributed by atoms with Crippen molar-refractivity contribution < 1.29 is 35.7 Å². The Bertz CT molecular complexity index is 802. The van der Waals surface area contributed by atoms with E-state index >= 15 is 0 Å². The van der Waals surface area contributed by atoms with Crippen molar-refractivity contribution in [3.8, 4) is 0 Å². The van der Waals surface area contributed by atoms with Gasteiger partial charge in [0.15, 0.2) is 5.82 Å². The van der Waals surface area contributed by atoms with Crippen LogP contribution in [0.1, 0.15) is 37.7 Å². The summed E-state index contributed by atoms with van der Waals surface area (Å²) >= 11 is 0. The normalized spacial score (nSPS) is 12.8. The lowest BCUT2D eigenvalue weighted by Gasteiger charge is -2.14. The molecule has 2 rings (SSSR count). The highest BCUT2D eigenvalue weighted by molar-refractivity contribution is 5.99. The minimum Gasteiger partial charge on any atom is -0.359 e. The van der Waals surface area contributed by atoms with Gasteiger partial charge in [0.25, 0.3) is 0 Å². The van der Waals surface area contributed by atoms with Gasteiger partial charge in [-0.1, -0.05) is 25.9 Å². The molecule has 1 aromatic heterocycles. The number of carbonyl (C=O) groups is 1. The smallest absolute Gasteiger partial charge is 0.359 e. The molecule has 0 radical (unpaired) electrons. The predicted octanol–water partition coefficient (Wildman–Crippen LogP) is 5.65. The number of halogens is 6. The Morgan fingerprint density at radius 1 is 0.889 bits per heavy atom. The summed E-state index contributed by atoms with van der Waals surface area (Å²) in [6.45, 7) is 5.45. The van der Waals surface area contributed by atoms with Crippen LogP contribution in [0.25, 0.3) is 0 Å².